The first-order valence-electron chi connectivity index (χ1n) is 9.37. The summed E-state index contributed by atoms with van der Waals surface area (Å²) in [5, 5.41) is 3.34. The van der Waals surface area contributed by atoms with Gasteiger partial charge in [0, 0.05) is 38.8 Å². The fourth-order valence-electron chi connectivity index (χ4n) is 3.99. The normalized spacial score (nSPS) is 18.9. The Morgan fingerprint density at radius 1 is 1.21 bits per heavy atom. The summed E-state index contributed by atoms with van der Waals surface area (Å²) in [5.74, 6) is 0.498. The third kappa shape index (κ3) is 3.29. The second kappa shape index (κ2) is 6.89. The van der Waals surface area contributed by atoms with Gasteiger partial charge in [-0.1, -0.05) is 0 Å². The van der Waals surface area contributed by atoms with Crippen LogP contribution in [-0.2, 0) is 30.5 Å². The number of aromatic nitrogens is 4. The Bertz CT molecular complexity index is 1200. The number of hydrogen-bond donors (Lipinski definition) is 1. The number of rotatable bonds is 5. The average molecular weight is 404 g/mol. The van der Waals surface area contributed by atoms with Crippen LogP contribution in [0, 0.1) is 6.92 Å². The molecule has 9 heteroatoms. The zero-order chi connectivity index (χ0) is 20.1. The Morgan fingerprint density at radius 2 is 1.93 bits per heavy atom. The van der Waals surface area contributed by atoms with Crippen molar-refractivity contribution in [2.75, 3.05) is 18.1 Å². The predicted octanol–water partition coefficient (Wildman–Crippen LogP) is 0.826. The topological polar surface area (TPSA) is 90.9 Å². The molecule has 3 aromatic rings. The highest BCUT2D eigenvalue weighted by Gasteiger charge is 2.27. The van der Waals surface area contributed by atoms with E-state index in [4.69, 9.17) is 0 Å². The maximum atomic E-state index is 12.2. The summed E-state index contributed by atoms with van der Waals surface area (Å²) in [6, 6.07) is 4.11. The maximum Gasteiger partial charge on any atom is 0.328 e. The molecule has 0 amide bonds. The summed E-state index contributed by atoms with van der Waals surface area (Å²) in [7, 11) is 0.685. The van der Waals surface area contributed by atoms with Gasteiger partial charge in [0.1, 0.15) is 0 Å². The first-order chi connectivity index (χ1) is 13.3. The van der Waals surface area contributed by atoms with Gasteiger partial charge < -0.3 is 9.88 Å². The minimum absolute atomic E-state index is 0.0360. The molecule has 28 heavy (non-hydrogen) atoms. The molecule has 0 unspecified atom stereocenters. The molecule has 0 spiro atoms. The molecule has 0 bridgehead atoms. The Balaban J connectivity index is 1.58. The van der Waals surface area contributed by atoms with Crippen LogP contribution in [0.5, 0.6) is 0 Å². The van der Waals surface area contributed by atoms with Crippen LogP contribution in [0.4, 0.5) is 0 Å². The van der Waals surface area contributed by atoms with Gasteiger partial charge in [0.2, 0.25) is 0 Å². The molecule has 1 aliphatic rings. The Labute approximate surface area is 163 Å². The molecule has 1 aliphatic heterocycles. The van der Waals surface area contributed by atoms with Crippen LogP contribution in [0.15, 0.2) is 29.5 Å². The van der Waals surface area contributed by atoms with E-state index < -0.39 is 9.84 Å². The minimum atomic E-state index is -2.87. The molecule has 1 fully saturated rings. The maximum absolute atomic E-state index is 12.2. The van der Waals surface area contributed by atoms with E-state index in [0.29, 0.717) is 19.5 Å². The molecule has 1 saturated heterocycles. The molecule has 1 aromatic carbocycles. The van der Waals surface area contributed by atoms with Gasteiger partial charge in [-0.25, -0.2) is 18.2 Å². The highest BCUT2D eigenvalue weighted by molar-refractivity contribution is 7.91. The average Bonchev–Trinajstić information content (AvgIpc) is 3.30. The quantitative estimate of drug-likeness (QED) is 0.681. The van der Waals surface area contributed by atoms with Crippen molar-refractivity contribution < 1.29 is 8.42 Å². The minimum Gasteiger partial charge on any atom is -0.329 e. The molecule has 0 radical (unpaired) electrons. The number of fused-ring (bicyclic) bond motifs is 1. The van der Waals surface area contributed by atoms with Gasteiger partial charge >= 0.3 is 5.69 Å². The lowest BCUT2D eigenvalue weighted by Gasteiger charge is -2.14. The third-order valence-corrected chi connectivity index (χ3v) is 7.39. The van der Waals surface area contributed by atoms with Gasteiger partial charge in [-0.3, -0.25) is 9.13 Å². The molecule has 1 N–H and O–H groups in total. The number of sulfone groups is 1. The molecular formula is C19H25N5O3S. The lowest BCUT2D eigenvalue weighted by Crippen LogP contribution is -2.32. The second-order valence-corrected chi connectivity index (χ2v) is 9.81. The molecule has 150 valence electrons. The standard InChI is InChI=1S/C19H25N5O3S/c1-13-8-16-17(23(3)19(25)22(16)2)9-15(13)18-10-20-12-24(18)6-5-21-14-4-7-28(26,27)11-14/h8-10,12,14,21H,4-7,11H2,1-3H3/t14-/m1/s1. The van der Waals surface area contributed by atoms with Crippen LogP contribution in [0.3, 0.4) is 0 Å². The van der Waals surface area contributed by atoms with Crippen LogP contribution in [0.25, 0.3) is 22.3 Å². The van der Waals surface area contributed by atoms with Crippen molar-refractivity contribution in [3.8, 4) is 11.3 Å². The van der Waals surface area contributed by atoms with Crippen molar-refractivity contribution >= 4 is 20.9 Å². The first kappa shape index (κ1) is 18.9. The lowest BCUT2D eigenvalue weighted by atomic mass is 10.0. The first-order valence-corrected chi connectivity index (χ1v) is 11.2. The number of benzene rings is 1. The summed E-state index contributed by atoms with van der Waals surface area (Å²) in [6.45, 7) is 3.40. The van der Waals surface area contributed by atoms with Gasteiger partial charge in [-0.2, -0.15) is 0 Å². The van der Waals surface area contributed by atoms with Crippen LogP contribution in [0.2, 0.25) is 0 Å². The summed E-state index contributed by atoms with van der Waals surface area (Å²) >= 11 is 0. The molecule has 3 heterocycles. The van der Waals surface area contributed by atoms with Crippen molar-refractivity contribution in [2.45, 2.75) is 25.9 Å². The summed E-state index contributed by atoms with van der Waals surface area (Å²) in [6.07, 6.45) is 4.29. The van der Waals surface area contributed by atoms with Crippen molar-refractivity contribution in [2.24, 2.45) is 14.1 Å². The van der Waals surface area contributed by atoms with Crippen LogP contribution in [0.1, 0.15) is 12.0 Å². The van der Waals surface area contributed by atoms with Crippen molar-refractivity contribution in [3.05, 3.63) is 40.7 Å². The number of hydrogen-bond acceptors (Lipinski definition) is 5. The molecule has 0 aliphatic carbocycles. The molecular weight excluding hydrogens is 378 g/mol. The zero-order valence-corrected chi connectivity index (χ0v) is 17.2. The van der Waals surface area contributed by atoms with Gasteiger partial charge in [0.15, 0.2) is 9.84 Å². The summed E-state index contributed by atoms with van der Waals surface area (Å²) in [5.41, 5.74) is 4.84. The molecule has 0 saturated carbocycles. The molecule has 2 aromatic heterocycles. The van der Waals surface area contributed by atoms with E-state index in [-0.39, 0.29) is 23.2 Å². The predicted molar refractivity (Wildman–Crippen MR) is 109 cm³/mol. The number of nitrogens with zero attached hydrogens (tertiary/aromatic N) is 4. The van der Waals surface area contributed by atoms with E-state index in [0.717, 1.165) is 27.9 Å². The van der Waals surface area contributed by atoms with Crippen LogP contribution < -0.4 is 11.0 Å². The molecule has 8 nitrogen and oxygen atoms in total. The summed E-state index contributed by atoms with van der Waals surface area (Å²) in [4.78, 5) is 16.5. The smallest absolute Gasteiger partial charge is 0.328 e. The monoisotopic (exact) mass is 403 g/mol. The van der Waals surface area contributed by atoms with Crippen molar-refractivity contribution in [3.63, 3.8) is 0 Å². The van der Waals surface area contributed by atoms with Crippen molar-refractivity contribution in [1.82, 2.24) is 24.0 Å². The fraction of sp³-hybridized carbons (Fsp3) is 0.474. The van der Waals surface area contributed by atoms with E-state index >= 15 is 0 Å². The lowest BCUT2D eigenvalue weighted by molar-refractivity contribution is 0.521. The number of imidazole rings is 2. The molecule has 1 atom stereocenters. The highest BCUT2D eigenvalue weighted by Crippen LogP contribution is 2.27. The number of aryl methyl sites for hydroxylation is 3. The SMILES string of the molecule is Cc1cc2c(cc1-c1cncn1CCN[C@@H]1CCS(=O)(=O)C1)n(C)c(=O)n2C. The van der Waals surface area contributed by atoms with Crippen molar-refractivity contribution in [1.29, 1.82) is 0 Å². The Kier molecular flexibility index (Phi) is 4.67. The second-order valence-electron chi connectivity index (χ2n) is 7.58. The van der Waals surface area contributed by atoms with Gasteiger partial charge in [0.25, 0.3) is 0 Å². The van der Waals surface area contributed by atoms with Gasteiger partial charge in [0.05, 0.1) is 40.8 Å². The summed E-state index contributed by atoms with van der Waals surface area (Å²) < 4.78 is 28.5. The van der Waals surface area contributed by atoms with E-state index in [1.807, 2.05) is 25.3 Å². The van der Waals surface area contributed by atoms with Gasteiger partial charge in [-0.05, 0) is 31.0 Å². The molecule has 4 rings (SSSR count). The number of nitrogens with one attached hydrogen (secondary N) is 1. The van der Waals surface area contributed by atoms with E-state index in [1.54, 1.807) is 29.6 Å². The van der Waals surface area contributed by atoms with Gasteiger partial charge in [-0.15, -0.1) is 0 Å². The Morgan fingerprint density at radius 3 is 2.61 bits per heavy atom. The zero-order valence-electron chi connectivity index (χ0n) is 16.3. The highest BCUT2D eigenvalue weighted by atomic mass is 32.2. The van der Waals surface area contributed by atoms with E-state index in [2.05, 4.69) is 14.9 Å². The van der Waals surface area contributed by atoms with E-state index in [1.165, 1.54) is 0 Å². The fourth-order valence-corrected chi connectivity index (χ4v) is 5.70. The Hall–Kier alpha value is -2.39. The van der Waals surface area contributed by atoms with Crippen LogP contribution in [-0.4, -0.2) is 51.2 Å². The largest absolute Gasteiger partial charge is 0.329 e. The van der Waals surface area contributed by atoms with Crippen LogP contribution >= 0.6 is 0 Å². The van der Waals surface area contributed by atoms with E-state index in [9.17, 15) is 13.2 Å². The third-order valence-electron chi connectivity index (χ3n) is 5.62.